The number of hydrogen-bond donors (Lipinski definition) is 2. The summed E-state index contributed by atoms with van der Waals surface area (Å²) in [6.07, 6.45) is 0.821. The normalized spacial score (nSPS) is 21.1. The number of phenolic OH excluding ortho intramolecular Hbond substituents is 1. The minimum absolute atomic E-state index is 0.0306. The molecule has 0 bridgehead atoms. The van der Waals surface area contributed by atoms with Crippen molar-refractivity contribution in [3.05, 3.63) is 88.3 Å². The monoisotopic (exact) mass is 417 g/mol. The molecular weight excluding hydrogens is 390 g/mol. The van der Waals surface area contributed by atoms with Crippen LogP contribution in [0, 0.1) is 0 Å². The zero-order valence-electron chi connectivity index (χ0n) is 18.0. The van der Waals surface area contributed by atoms with E-state index in [2.05, 4.69) is 17.4 Å². The van der Waals surface area contributed by atoms with Crippen molar-refractivity contribution in [3.63, 3.8) is 0 Å². The highest BCUT2D eigenvalue weighted by Gasteiger charge is 2.41. The number of phenols is 1. The first-order valence-electron chi connectivity index (χ1n) is 10.6. The summed E-state index contributed by atoms with van der Waals surface area (Å²) in [5.41, 5.74) is 4.56. The average Bonchev–Trinajstić information content (AvgIpc) is 2.73. The highest BCUT2D eigenvalue weighted by atomic mass is 16.5. The molecule has 1 aliphatic heterocycles. The molecule has 4 rings (SSSR count). The summed E-state index contributed by atoms with van der Waals surface area (Å²) in [5.74, 6) is -0.687. The van der Waals surface area contributed by atoms with Gasteiger partial charge in [0.2, 0.25) is 0 Å². The largest absolute Gasteiger partial charge is 0.508 e. The van der Waals surface area contributed by atoms with Crippen LogP contribution in [0.1, 0.15) is 56.6 Å². The number of carbonyl (C=O) groups is 2. The molecule has 0 amide bonds. The fourth-order valence-electron chi connectivity index (χ4n) is 4.55. The number of ketones is 1. The van der Waals surface area contributed by atoms with Crippen LogP contribution >= 0.6 is 0 Å². The zero-order valence-corrected chi connectivity index (χ0v) is 18.0. The Morgan fingerprint density at radius 3 is 2.35 bits per heavy atom. The van der Waals surface area contributed by atoms with Gasteiger partial charge in [-0.25, -0.2) is 4.79 Å². The minimum atomic E-state index is -0.521. The Kier molecular flexibility index (Phi) is 5.68. The van der Waals surface area contributed by atoms with Gasteiger partial charge in [-0.3, -0.25) is 4.79 Å². The van der Waals surface area contributed by atoms with Gasteiger partial charge in [-0.1, -0.05) is 42.5 Å². The molecule has 1 aliphatic carbocycles. The van der Waals surface area contributed by atoms with Crippen LogP contribution in [-0.4, -0.2) is 23.0 Å². The fraction of sp³-hybridized carbons (Fsp3) is 0.308. The topological polar surface area (TPSA) is 75.6 Å². The number of rotatable bonds is 4. The Balaban J connectivity index is 1.79. The van der Waals surface area contributed by atoms with E-state index in [4.69, 9.17) is 4.74 Å². The first-order valence-corrected chi connectivity index (χ1v) is 10.6. The van der Waals surface area contributed by atoms with E-state index >= 15 is 0 Å². The van der Waals surface area contributed by atoms with Crippen LogP contribution < -0.4 is 5.32 Å². The molecule has 0 saturated carbocycles. The number of hydrogen-bond acceptors (Lipinski definition) is 5. The Hall–Kier alpha value is -3.34. The number of dihydropyridines is 1. The van der Waals surface area contributed by atoms with Crippen molar-refractivity contribution in [3.8, 4) is 5.75 Å². The lowest BCUT2D eigenvalue weighted by molar-refractivity contribution is -0.143. The minimum Gasteiger partial charge on any atom is -0.508 e. The smallest absolute Gasteiger partial charge is 0.337 e. The predicted molar refractivity (Wildman–Crippen MR) is 118 cm³/mol. The quantitative estimate of drug-likeness (QED) is 0.705. The van der Waals surface area contributed by atoms with Crippen molar-refractivity contribution < 1.29 is 19.4 Å². The van der Waals surface area contributed by atoms with E-state index in [-0.39, 0.29) is 23.6 Å². The van der Waals surface area contributed by atoms with Crippen molar-refractivity contribution >= 4 is 11.8 Å². The lowest BCUT2D eigenvalue weighted by atomic mass is 9.71. The third-order valence-electron chi connectivity index (χ3n) is 5.89. The molecule has 5 nitrogen and oxygen atoms in total. The molecule has 0 saturated heterocycles. The Morgan fingerprint density at radius 1 is 1.03 bits per heavy atom. The number of ether oxygens (including phenoxy) is 1. The summed E-state index contributed by atoms with van der Waals surface area (Å²) in [5, 5.41) is 13.1. The van der Waals surface area contributed by atoms with Gasteiger partial charge in [0.15, 0.2) is 5.78 Å². The Bertz CT molecular complexity index is 1060. The maximum Gasteiger partial charge on any atom is 0.337 e. The number of esters is 1. The average molecular weight is 418 g/mol. The summed E-state index contributed by atoms with van der Waals surface area (Å²) in [6.45, 7) is 5.46. The van der Waals surface area contributed by atoms with Gasteiger partial charge in [-0.15, -0.1) is 0 Å². The molecule has 2 aliphatic rings. The summed E-state index contributed by atoms with van der Waals surface area (Å²) in [6, 6.07) is 16.8. The van der Waals surface area contributed by atoms with Crippen LogP contribution in [0.4, 0.5) is 0 Å². The van der Waals surface area contributed by atoms with Gasteiger partial charge in [0.05, 0.1) is 11.7 Å². The molecule has 2 aromatic rings. The molecule has 2 atom stereocenters. The Labute approximate surface area is 182 Å². The van der Waals surface area contributed by atoms with Crippen molar-refractivity contribution in [1.82, 2.24) is 5.32 Å². The summed E-state index contributed by atoms with van der Waals surface area (Å²) < 4.78 is 5.52. The van der Waals surface area contributed by atoms with E-state index in [1.807, 2.05) is 25.1 Å². The van der Waals surface area contributed by atoms with Crippen LogP contribution in [0.5, 0.6) is 5.75 Å². The van der Waals surface area contributed by atoms with Gasteiger partial charge in [0.25, 0.3) is 0 Å². The SMILES string of the molecule is CC1=C(C(=O)OC(C)C)[C@H](c2ccc(O)cc2)C2=C(C[C@H](c3ccccc3)CC2=O)N1. The van der Waals surface area contributed by atoms with Crippen molar-refractivity contribution in [2.24, 2.45) is 0 Å². The van der Waals surface area contributed by atoms with Crippen LogP contribution in [0.2, 0.25) is 0 Å². The summed E-state index contributed by atoms with van der Waals surface area (Å²) >= 11 is 0. The molecular formula is C26H27NO4. The third kappa shape index (κ3) is 4.13. The molecule has 0 unspecified atom stereocenters. The van der Waals surface area contributed by atoms with Gasteiger partial charge in [-0.05, 0) is 56.4 Å². The Morgan fingerprint density at radius 2 is 1.71 bits per heavy atom. The summed E-state index contributed by atoms with van der Waals surface area (Å²) in [7, 11) is 0. The molecule has 0 fully saturated rings. The van der Waals surface area contributed by atoms with Crippen LogP contribution in [0.25, 0.3) is 0 Å². The predicted octanol–water partition coefficient (Wildman–Crippen LogP) is 4.71. The van der Waals surface area contributed by atoms with Crippen molar-refractivity contribution in [1.29, 1.82) is 0 Å². The van der Waals surface area contributed by atoms with Gasteiger partial charge in [0, 0.05) is 29.3 Å². The fourth-order valence-corrected chi connectivity index (χ4v) is 4.55. The second-order valence-corrected chi connectivity index (χ2v) is 8.47. The van der Waals surface area contributed by atoms with E-state index in [0.717, 1.165) is 16.8 Å². The molecule has 5 heteroatoms. The van der Waals surface area contributed by atoms with Gasteiger partial charge in [0.1, 0.15) is 5.75 Å². The number of allylic oxidation sites excluding steroid dienone is 3. The highest BCUT2D eigenvalue weighted by Crippen LogP contribution is 2.45. The van der Waals surface area contributed by atoms with Crippen molar-refractivity contribution in [2.45, 2.75) is 51.6 Å². The number of benzene rings is 2. The van der Waals surface area contributed by atoms with Gasteiger partial charge in [-0.2, -0.15) is 0 Å². The molecule has 0 spiro atoms. The van der Waals surface area contributed by atoms with Gasteiger partial charge < -0.3 is 15.2 Å². The van der Waals surface area contributed by atoms with Gasteiger partial charge >= 0.3 is 5.97 Å². The lowest BCUT2D eigenvalue weighted by Crippen LogP contribution is -2.36. The standard InChI is InChI=1S/C26H27NO4/c1-15(2)31-26(30)23-16(3)27-21-13-19(17-7-5-4-6-8-17)14-22(29)25(21)24(23)18-9-11-20(28)12-10-18/h4-12,15,19,24,27-28H,13-14H2,1-3H3/t19-,24-/m0/s1. The number of Topliss-reactive ketones (excluding diaryl/α,β-unsaturated/α-hetero) is 1. The lowest BCUT2D eigenvalue weighted by Gasteiger charge is -2.37. The van der Waals surface area contributed by atoms with E-state index in [1.165, 1.54) is 0 Å². The maximum atomic E-state index is 13.4. The number of nitrogens with one attached hydrogen (secondary N) is 1. The third-order valence-corrected chi connectivity index (χ3v) is 5.89. The highest BCUT2D eigenvalue weighted by molar-refractivity contribution is 6.04. The zero-order chi connectivity index (χ0) is 22.1. The molecule has 2 aromatic carbocycles. The number of carbonyl (C=O) groups excluding carboxylic acids is 2. The molecule has 0 radical (unpaired) electrons. The molecule has 160 valence electrons. The molecule has 31 heavy (non-hydrogen) atoms. The van der Waals surface area contributed by atoms with E-state index in [1.54, 1.807) is 38.1 Å². The second kappa shape index (κ2) is 8.42. The van der Waals surface area contributed by atoms with Crippen LogP contribution in [0.3, 0.4) is 0 Å². The summed E-state index contributed by atoms with van der Waals surface area (Å²) in [4.78, 5) is 26.5. The molecule has 2 N–H and O–H groups in total. The first-order chi connectivity index (χ1) is 14.8. The molecule has 1 heterocycles. The van der Waals surface area contributed by atoms with Crippen LogP contribution in [-0.2, 0) is 14.3 Å². The van der Waals surface area contributed by atoms with Crippen molar-refractivity contribution in [2.75, 3.05) is 0 Å². The maximum absolute atomic E-state index is 13.4. The van der Waals surface area contributed by atoms with E-state index in [9.17, 15) is 14.7 Å². The number of aromatic hydroxyl groups is 1. The van der Waals surface area contributed by atoms with E-state index in [0.29, 0.717) is 29.7 Å². The molecule has 0 aromatic heterocycles. The van der Waals surface area contributed by atoms with E-state index < -0.39 is 11.9 Å². The second-order valence-electron chi connectivity index (χ2n) is 8.47. The first kappa shape index (κ1) is 20.9. The van der Waals surface area contributed by atoms with Crippen LogP contribution in [0.15, 0.2) is 77.1 Å².